The van der Waals surface area contributed by atoms with Gasteiger partial charge in [-0.2, -0.15) is 5.48 Å². The summed E-state index contributed by atoms with van der Waals surface area (Å²) in [7, 11) is 0. The van der Waals surface area contributed by atoms with Gasteiger partial charge in [-0.1, -0.05) is 45.0 Å². The van der Waals surface area contributed by atoms with Crippen LogP contribution in [-0.4, -0.2) is 53.9 Å². The molecule has 2 fully saturated rings. The highest BCUT2D eigenvalue weighted by molar-refractivity contribution is 5.84. The average molecular weight is 539 g/mol. The summed E-state index contributed by atoms with van der Waals surface area (Å²) in [6, 6.07) is 9.61. The van der Waals surface area contributed by atoms with Crippen LogP contribution in [0, 0.1) is 17.8 Å². The van der Waals surface area contributed by atoms with Crippen molar-refractivity contribution in [2.45, 2.75) is 71.1 Å². The lowest BCUT2D eigenvalue weighted by molar-refractivity contribution is -0.208. The SMILES string of the molecule is CC1C(=O)[C@H](C)C[C@@](C)(OC(=O)OC/C=C/c2cnc3ccccc3c2)CCC[C@@H](C)C(=O)OC[C@H]2ON[C@H]12. The molecule has 0 saturated carbocycles. The number of aromatic nitrogens is 1. The van der Waals surface area contributed by atoms with Crippen molar-refractivity contribution >= 4 is 34.9 Å². The highest BCUT2D eigenvalue weighted by atomic mass is 16.7. The number of cyclic esters (lactones) is 1. The van der Waals surface area contributed by atoms with Crippen LogP contribution in [0.1, 0.15) is 58.9 Å². The van der Waals surface area contributed by atoms with Gasteiger partial charge in [-0.15, -0.1) is 0 Å². The van der Waals surface area contributed by atoms with E-state index in [0.29, 0.717) is 25.7 Å². The van der Waals surface area contributed by atoms with E-state index in [9.17, 15) is 14.4 Å². The van der Waals surface area contributed by atoms with Gasteiger partial charge in [-0.05, 0) is 56.4 Å². The third-order valence-corrected chi connectivity index (χ3v) is 7.65. The molecule has 1 unspecified atom stereocenters. The number of carbonyl (C=O) groups is 3. The molecule has 210 valence electrons. The van der Waals surface area contributed by atoms with Crippen LogP contribution < -0.4 is 5.48 Å². The zero-order valence-corrected chi connectivity index (χ0v) is 23.1. The molecule has 39 heavy (non-hydrogen) atoms. The van der Waals surface area contributed by atoms with Crippen molar-refractivity contribution in [3.63, 3.8) is 0 Å². The first-order chi connectivity index (χ1) is 18.6. The predicted octanol–water partition coefficient (Wildman–Crippen LogP) is 5.03. The van der Waals surface area contributed by atoms with Gasteiger partial charge in [-0.25, -0.2) is 4.79 Å². The molecule has 2 aromatic rings. The maximum atomic E-state index is 13.2. The summed E-state index contributed by atoms with van der Waals surface area (Å²) in [5, 5.41) is 1.03. The van der Waals surface area contributed by atoms with Crippen LogP contribution in [0.25, 0.3) is 17.0 Å². The number of Topliss-reactive ketones (excluding diaryl/α,β-unsaturated/α-hetero) is 1. The summed E-state index contributed by atoms with van der Waals surface area (Å²) in [6.45, 7) is 7.49. The highest BCUT2D eigenvalue weighted by Gasteiger charge is 2.43. The van der Waals surface area contributed by atoms with E-state index in [1.807, 2.05) is 64.1 Å². The number of pyridine rings is 1. The Kier molecular flexibility index (Phi) is 9.35. The fourth-order valence-electron chi connectivity index (χ4n) is 5.29. The average Bonchev–Trinajstić information content (AvgIpc) is 2.89. The van der Waals surface area contributed by atoms with Crippen LogP contribution in [0.4, 0.5) is 4.79 Å². The van der Waals surface area contributed by atoms with E-state index >= 15 is 0 Å². The molecular formula is C30H38N2O7. The fourth-order valence-corrected chi connectivity index (χ4v) is 5.29. The van der Waals surface area contributed by atoms with Gasteiger partial charge in [0.15, 0.2) is 0 Å². The van der Waals surface area contributed by atoms with Crippen molar-refractivity contribution in [3.05, 3.63) is 48.2 Å². The molecule has 0 bridgehead atoms. The smallest absolute Gasteiger partial charge is 0.463 e. The first kappa shape index (κ1) is 28.7. The van der Waals surface area contributed by atoms with Crippen LogP contribution >= 0.6 is 0 Å². The van der Waals surface area contributed by atoms with Crippen LogP contribution in [-0.2, 0) is 28.6 Å². The summed E-state index contributed by atoms with van der Waals surface area (Å²) in [6.07, 6.45) is 6.19. The Morgan fingerprint density at radius 2 is 2.00 bits per heavy atom. The Balaban J connectivity index is 1.37. The zero-order valence-electron chi connectivity index (χ0n) is 23.1. The van der Waals surface area contributed by atoms with E-state index < -0.39 is 11.8 Å². The highest BCUT2D eigenvalue weighted by Crippen LogP contribution is 2.32. The number of ketones is 1. The molecule has 9 nitrogen and oxygen atoms in total. The topological polar surface area (TPSA) is 113 Å². The summed E-state index contributed by atoms with van der Waals surface area (Å²) < 4.78 is 16.6. The third-order valence-electron chi connectivity index (χ3n) is 7.65. The van der Waals surface area contributed by atoms with Crippen molar-refractivity contribution in [3.8, 4) is 0 Å². The molecule has 0 aliphatic carbocycles. The quantitative estimate of drug-likeness (QED) is 0.536. The monoisotopic (exact) mass is 538 g/mol. The third kappa shape index (κ3) is 7.42. The van der Waals surface area contributed by atoms with Crippen LogP contribution in [0.5, 0.6) is 0 Å². The van der Waals surface area contributed by atoms with Gasteiger partial charge in [0.05, 0.1) is 17.5 Å². The van der Waals surface area contributed by atoms with Gasteiger partial charge in [0.2, 0.25) is 0 Å². The molecule has 2 aliphatic rings. The van der Waals surface area contributed by atoms with Gasteiger partial charge in [0.1, 0.15) is 30.7 Å². The summed E-state index contributed by atoms with van der Waals surface area (Å²) in [5.74, 6) is -1.29. The Morgan fingerprint density at radius 1 is 1.21 bits per heavy atom. The molecule has 1 aromatic carbocycles. The lowest BCUT2D eigenvalue weighted by atomic mass is 9.80. The van der Waals surface area contributed by atoms with E-state index in [4.69, 9.17) is 19.0 Å². The second-order valence-corrected chi connectivity index (χ2v) is 11.0. The molecule has 4 rings (SSSR count). The van der Waals surface area contributed by atoms with Crippen LogP contribution in [0.15, 0.2) is 42.6 Å². The maximum Gasteiger partial charge on any atom is 0.509 e. The summed E-state index contributed by atoms with van der Waals surface area (Å²) in [4.78, 5) is 48.1. The number of benzene rings is 1. The number of hydroxylamine groups is 1. The number of carbonyl (C=O) groups excluding carboxylic acids is 3. The van der Waals surface area contributed by atoms with Crippen molar-refractivity contribution < 1.29 is 33.4 Å². The number of rotatable bonds is 4. The molecule has 6 atom stereocenters. The largest absolute Gasteiger partial charge is 0.509 e. The molecule has 2 aliphatic heterocycles. The standard InChI is InChI=1S/C30H38N2O7/c1-19-9-7-13-30(4,16-20(2)27(33)21(3)26-25(39-32-26)18-37-28(19)34)38-29(35)36-14-8-10-22-15-23-11-5-6-12-24(23)31-17-22/h5-6,8,10-12,15,17,19-21,25-26,32H,7,9,13-14,16,18H2,1-4H3/b10-8+/t19-,20-,21?,25-,26-,30+/m1/s1. The lowest BCUT2D eigenvalue weighted by Gasteiger charge is -2.41. The lowest BCUT2D eigenvalue weighted by Crippen LogP contribution is -2.62. The maximum absolute atomic E-state index is 13.2. The molecule has 1 aromatic heterocycles. The Labute approximate surface area is 229 Å². The zero-order chi connectivity index (χ0) is 28.0. The Bertz CT molecular complexity index is 1210. The molecule has 2 saturated heterocycles. The summed E-state index contributed by atoms with van der Waals surface area (Å²) in [5.41, 5.74) is 3.70. The first-order valence-electron chi connectivity index (χ1n) is 13.6. The number of nitrogens with zero attached hydrogens (tertiary/aromatic N) is 1. The van der Waals surface area contributed by atoms with Gasteiger partial charge < -0.3 is 14.2 Å². The molecular weight excluding hydrogens is 500 g/mol. The number of hydrogen-bond acceptors (Lipinski definition) is 9. The predicted molar refractivity (Wildman–Crippen MR) is 145 cm³/mol. The molecule has 1 N–H and O–H groups in total. The number of nitrogens with one attached hydrogen (secondary N) is 1. The Hall–Kier alpha value is -3.30. The van der Waals surface area contributed by atoms with E-state index in [1.165, 1.54) is 0 Å². The first-order valence-corrected chi connectivity index (χ1v) is 13.6. The number of esters is 1. The number of para-hydroxylation sites is 1. The second-order valence-electron chi connectivity index (χ2n) is 11.0. The normalized spacial score (nSPS) is 30.6. The van der Waals surface area contributed by atoms with Gasteiger partial charge in [0, 0.05) is 23.4 Å². The van der Waals surface area contributed by atoms with Crippen LogP contribution in [0.2, 0.25) is 0 Å². The van der Waals surface area contributed by atoms with E-state index in [1.54, 1.807) is 12.3 Å². The minimum absolute atomic E-state index is 0.0326. The van der Waals surface area contributed by atoms with Crippen molar-refractivity contribution in [2.24, 2.45) is 17.8 Å². The second kappa shape index (κ2) is 12.7. The minimum atomic E-state index is -0.936. The molecule has 9 heteroatoms. The van der Waals surface area contributed by atoms with Crippen LogP contribution in [0.3, 0.4) is 0 Å². The van der Waals surface area contributed by atoms with Gasteiger partial charge >= 0.3 is 12.1 Å². The van der Waals surface area contributed by atoms with Crippen molar-refractivity contribution in [1.82, 2.24) is 10.5 Å². The molecule has 0 amide bonds. The van der Waals surface area contributed by atoms with Gasteiger partial charge in [0.25, 0.3) is 0 Å². The molecule has 0 spiro atoms. The van der Waals surface area contributed by atoms with E-state index in [-0.39, 0.29) is 54.9 Å². The van der Waals surface area contributed by atoms with E-state index in [2.05, 4.69) is 10.5 Å². The van der Waals surface area contributed by atoms with Crippen molar-refractivity contribution in [1.29, 1.82) is 0 Å². The van der Waals surface area contributed by atoms with Gasteiger partial charge in [-0.3, -0.25) is 19.4 Å². The Morgan fingerprint density at radius 3 is 2.77 bits per heavy atom. The number of ether oxygens (including phenoxy) is 3. The number of fused-ring (bicyclic) bond motifs is 2. The number of hydrogen-bond donors (Lipinski definition) is 1. The van der Waals surface area contributed by atoms with Crippen molar-refractivity contribution in [2.75, 3.05) is 13.2 Å². The van der Waals surface area contributed by atoms with E-state index in [0.717, 1.165) is 16.5 Å². The molecule has 3 heterocycles. The fraction of sp³-hybridized carbons (Fsp3) is 0.533. The summed E-state index contributed by atoms with van der Waals surface area (Å²) >= 11 is 0. The molecule has 0 radical (unpaired) electrons. The minimum Gasteiger partial charge on any atom is -0.463 e.